The van der Waals surface area contributed by atoms with Crippen molar-refractivity contribution < 1.29 is 18.8 Å². The number of amides is 3. The van der Waals surface area contributed by atoms with Gasteiger partial charge in [0, 0.05) is 63.0 Å². The summed E-state index contributed by atoms with van der Waals surface area (Å²) in [6.45, 7) is 13.1. The third-order valence-corrected chi connectivity index (χ3v) is 8.07. The summed E-state index contributed by atoms with van der Waals surface area (Å²) in [5.74, 6) is 1.42. The number of hydrogen-bond donors (Lipinski definition) is 2. The minimum atomic E-state index is -0.374. The Bertz CT molecular complexity index is 1110. The monoisotopic (exact) mass is 529 g/mol. The molecule has 2 aromatic rings. The van der Waals surface area contributed by atoms with Gasteiger partial charge in [-0.15, -0.1) is 0 Å². The quantitative estimate of drug-likeness (QED) is 0.579. The second-order valence-corrected chi connectivity index (χ2v) is 10.8. The van der Waals surface area contributed by atoms with Crippen LogP contribution in [0.4, 0.5) is 10.6 Å². The molecule has 11 heteroatoms. The van der Waals surface area contributed by atoms with Crippen molar-refractivity contribution in [1.82, 2.24) is 30.1 Å². The minimum absolute atomic E-state index is 0. The van der Waals surface area contributed by atoms with Crippen LogP contribution in [0.5, 0.6) is 0 Å². The Labute approximate surface area is 225 Å². The summed E-state index contributed by atoms with van der Waals surface area (Å²) in [4.78, 5) is 32.9. The first-order valence-electron chi connectivity index (χ1n) is 13.6. The van der Waals surface area contributed by atoms with Crippen LogP contribution in [0, 0.1) is 5.92 Å². The molecule has 2 N–H and O–H groups in total. The normalized spacial score (nSPS) is 24.3. The Morgan fingerprint density at radius 2 is 1.89 bits per heavy atom. The van der Waals surface area contributed by atoms with E-state index in [-0.39, 0.29) is 37.1 Å². The van der Waals surface area contributed by atoms with Gasteiger partial charge in [0.25, 0.3) is 5.91 Å². The summed E-state index contributed by atoms with van der Waals surface area (Å²) in [7, 11) is 0. The smallest absolute Gasteiger partial charge is 0.321 e. The van der Waals surface area contributed by atoms with E-state index in [0.29, 0.717) is 36.6 Å². The van der Waals surface area contributed by atoms with Gasteiger partial charge in [0.2, 0.25) is 0 Å². The largest absolute Gasteiger partial charge is 0.381 e. The van der Waals surface area contributed by atoms with Gasteiger partial charge in [-0.2, -0.15) is 5.10 Å². The van der Waals surface area contributed by atoms with E-state index in [9.17, 15) is 9.59 Å². The standard InChI is InChI=1S/C26H39N7O4.CH4/c1-5-6-20-11-22(30-37-20)25(34)27-24-21-15-33(18(4)23(21)28-29-24)26(35)32-13-16(2)31(12-17(32)3)14-19-7-9-36-10-8-19;/h11,16-19H,5-10,12-15H2,1-4H3,(H2,27,28,29,34);1H4/t16-,17+,18?;/m1./s1. The average molecular weight is 530 g/mol. The number of anilines is 1. The van der Waals surface area contributed by atoms with Crippen molar-refractivity contribution in [2.45, 2.75) is 85.5 Å². The Morgan fingerprint density at radius 3 is 2.63 bits per heavy atom. The van der Waals surface area contributed by atoms with Gasteiger partial charge in [-0.05, 0) is 46.0 Å². The minimum Gasteiger partial charge on any atom is -0.381 e. The average Bonchev–Trinajstić information content (AvgIpc) is 3.59. The van der Waals surface area contributed by atoms with Crippen molar-refractivity contribution in [2.24, 2.45) is 5.92 Å². The number of aryl methyl sites for hydroxylation is 1. The number of aromatic nitrogens is 3. The number of urea groups is 1. The maximum atomic E-state index is 13.7. The summed E-state index contributed by atoms with van der Waals surface area (Å²) < 4.78 is 10.8. The number of hydrogen-bond acceptors (Lipinski definition) is 7. The van der Waals surface area contributed by atoms with Crippen LogP contribution in [0.25, 0.3) is 0 Å². The molecule has 2 saturated heterocycles. The summed E-state index contributed by atoms with van der Waals surface area (Å²) in [5.41, 5.74) is 1.92. The third kappa shape index (κ3) is 5.58. The second-order valence-electron chi connectivity index (χ2n) is 10.8. The first-order chi connectivity index (χ1) is 17.9. The molecular formula is C27H43N7O4. The van der Waals surface area contributed by atoms with Gasteiger partial charge in [0.1, 0.15) is 5.76 Å². The number of nitrogens with zero attached hydrogens (tertiary/aromatic N) is 5. The van der Waals surface area contributed by atoms with Crippen LogP contribution >= 0.6 is 0 Å². The maximum absolute atomic E-state index is 13.7. The number of H-pyrrole nitrogens is 1. The predicted molar refractivity (Wildman–Crippen MR) is 144 cm³/mol. The fourth-order valence-electron chi connectivity index (χ4n) is 5.78. The van der Waals surface area contributed by atoms with E-state index in [1.165, 1.54) is 0 Å². The number of carbonyl (C=O) groups excluding carboxylic acids is 2. The summed E-state index contributed by atoms with van der Waals surface area (Å²) in [5, 5.41) is 14.1. The fraction of sp³-hybridized carbons (Fsp3) is 0.704. The van der Waals surface area contributed by atoms with Crippen molar-refractivity contribution in [2.75, 3.05) is 38.2 Å². The van der Waals surface area contributed by atoms with Gasteiger partial charge in [0.05, 0.1) is 18.3 Å². The Hall–Kier alpha value is -2.92. The molecule has 3 atom stereocenters. The Kier molecular flexibility index (Phi) is 8.77. The van der Waals surface area contributed by atoms with Crippen molar-refractivity contribution >= 4 is 17.8 Å². The van der Waals surface area contributed by atoms with Crippen LogP contribution in [0.2, 0.25) is 0 Å². The third-order valence-electron chi connectivity index (χ3n) is 8.07. The number of piperazine rings is 1. The molecule has 0 aliphatic carbocycles. The number of ether oxygens (including phenoxy) is 1. The molecule has 3 aliphatic heterocycles. The zero-order chi connectivity index (χ0) is 26.1. The first-order valence-corrected chi connectivity index (χ1v) is 13.6. The molecule has 0 saturated carbocycles. The summed E-state index contributed by atoms with van der Waals surface area (Å²) in [6, 6.07) is 1.95. The highest BCUT2D eigenvalue weighted by molar-refractivity contribution is 6.02. The molecule has 5 rings (SSSR count). The summed E-state index contributed by atoms with van der Waals surface area (Å²) in [6.07, 6.45) is 3.88. The molecule has 2 aromatic heterocycles. The van der Waals surface area contributed by atoms with E-state index in [2.05, 4.69) is 39.4 Å². The van der Waals surface area contributed by atoms with Crippen molar-refractivity contribution in [3.05, 3.63) is 28.8 Å². The van der Waals surface area contributed by atoms with Crippen molar-refractivity contribution in [1.29, 1.82) is 0 Å². The molecule has 2 fully saturated rings. The number of rotatable bonds is 6. The fourth-order valence-corrected chi connectivity index (χ4v) is 5.78. The van der Waals surface area contributed by atoms with Gasteiger partial charge >= 0.3 is 6.03 Å². The Balaban J connectivity index is 0.00000336. The highest BCUT2D eigenvalue weighted by atomic mass is 16.5. The number of fused-ring (bicyclic) bond motifs is 1. The number of aromatic amines is 1. The predicted octanol–water partition coefficient (Wildman–Crippen LogP) is 4.06. The van der Waals surface area contributed by atoms with Crippen LogP contribution in [0.1, 0.15) is 87.9 Å². The summed E-state index contributed by atoms with van der Waals surface area (Å²) >= 11 is 0. The lowest BCUT2D eigenvalue weighted by atomic mass is 9.97. The Morgan fingerprint density at radius 1 is 1.13 bits per heavy atom. The lowest BCUT2D eigenvalue weighted by Gasteiger charge is -2.46. The molecule has 0 bridgehead atoms. The molecule has 3 aliphatic rings. The number of nitrogens with one attached hydrogen (secondary N) is 2. The first kappa shape index (κ1) is 28.1. The molecule has 3 amide bonds. The van der Waals surface area contributed by atoms with E-state index in [4.69, 9.17) is 9.26 Å². The SMILES string of the molecule is C.CCCc1cc(C(=O)Nc2n[nH]c3c2CN(C(=O)N2C[C@@H](C)N(CC4CCOCC4)C[C@@H]2C)C3C)no1. The lowest BCUT2D eigenvalue weighted by Crippen LogP contribution is -2.60. The van der Waals surface area contributed by atoms with E-state index in [1.54, 1.807) is 6.07 Å². The van der Waals surface area contributed by atoms with Gasteiger partial charge < -0.3 is 24.4 Å². The molecule has 38 heavy (non-hydrogen) atoms. The van der Waals surface area contributed by atoms with Crippen LogP contribution in [0.3, 0.4) is 0 Å². The van der Waals surface area contributed by atoms with Crippen LogP contribution in [-0.4, -0.2) is 86.9 Å². The van der Waals surface area contributed by atoms with Gasteiger partial charge in [-0.1, -0.05) is 19.5 Å². The molecule has 11 nitrogen and oxygen atoms in total. The van der Waals surface area contributed by atoms with Crippen molar-refractivity contribution in [3.63, 3.8) is 0 Å². The van der Waals surface area contributed by atoms with Crippen LogP contribution in [-0.2, 0) is 17.7 Å². The highest BCUT2D eigenvalue weighted by Crippen LogP contribution is 2.37. The molecule has 5 heterocycles. The molecule has 210 valence electrons. The molecule has 0 spiro atoms. The zero-order valence-corrected chi connectivity index (χ0v) is 22.3. The molecule has 1 unspecified atom stereocenters. The highest BCUT2D eigenvalue weighted by Gasteiger charge is 2.41. The lowest BCUT2D eigenvalue weighted by molar-refractivity contribution is 0.0127. The van der Waals surface area contributed by atoms with Gasteiger partial charge in [0.15, 0.2) is 11.5 Å². The molecular weight excluding hydrogens is 486 g/mol. The van der Waals surface area contributed by atoms with E-state index < -0.39 is 0 Å². The van der Waals surface area contributed by atoms with Crippen LogP contribution < -0.4 is 5.32 Å². The van der Waals surface area contributed by atoms with Gasteiger partial charge in [-0.3, -0.25) is 14.8 Å². The van der Waals surface area contributed by atoms with Crippen molar-refractivity contribution in [3.8, 4) is 0 Å². The molecule has 0 aromatic carbocycles. The molecule has 0 radical (unpaired) electrons. The second kappa shape index (κ2) is 11.9. The van der Waals surface area contributed by atoms with E-state index >= 15 is 0 Å². The maximum Gasteiger partial charge on any atom is 0.321 e. The van der Waals surface area contributed by atoms with E-state index in [1.807, 2.05) is 23.6 Å². The topological polar surface area (TPSA) is 120 Å². The van der Waals surface area contributed by atoms with Gasteiger partial charge in [-0.25, -0.2) is 4.79 Å². The number of carbonyl (C=O) groups is 2. The zero-order valence-electron chi connectivity index (χ0n) is 22.3. The van der Waals surface area contributed by atoms with Crippen LogP contribution in [0.15, 0.2) is 10.6 Å². The van der Waals surface area contributed by atoms with E-state index in [0.717, 1.165) is 63.2 Å².